The van der Waals surface area contributed by atoms with Crippen molar-refractivity contribution in [2.75, 3.05) is 11.4 Å². The average molecular weight is 440 g/mol. The van der Waals surface area contributed by atoms with Crippen molar-refractivity contribution in [1.82, 2.24) is 4.90 Å². The van der Waals surface area contributed by atoms with Crippen LogP contribution in [0.1, 0.15) is 32.7 Å². The number of amides is 3. The summed E-state index contributed by atoms with van der Waals surface area (Å²) >= 11 is 0. The third-order valence-electron chi connectivity index (χ3n) is 5.87. The lowest BCUT2D eigenvalue weighted by Crippen LogP contribution is -2.29. The first-order chi connectivity index (χ1) is 16.0. The van der Waals surface area contributed by atoms with Crippen LogP contribution in [0.4, 0.5) is 5.69 Å². The second-order valence-corrected chi connectivity index (χ2v) is 8.07. The number of benzene rings is 3. The van der Waals surface area contributed by atoms with Crippen molar-refractivity contribution in [3.8, 4) is 5.75 Å². The Morgan fingerprint density at radius 2 is 1.42 bits per heavy atom. The summed E-state index contributed by atoms with van der Waals surface area (Å²) in [6.07, 6.45) is 0.110. The summed E-state index contributed by atoms with van der Waals surface area (Å²) in [6, 6.07) is 22.5. The van der Waals surface area contributed by atoms with E-state index in [-0.39, 0.29) is 29.9 Å². The summed E-state index contributed by atoms with van der Waals surface area (Å²) in [4.78, 5) is 53.0. The van der Waals surface area contributed by atoms with E-state index in [0.29, 0.717) is 29.9 Å². The van der Waals surface area contributed by atoms with Gasteiger partial charge in [0.1, 0.15) is 5.75 Å². The van der Waals surface area contributed by atoms with Crippen molar-refractivity contribution < 1.29 is 23.9 Å². The molecule has 0 bridgehead atoms. The zero-order chi connectivity index (χ0) is 22.9. The van der Waals surface area contributed by atoms with Gasteiger partial charge in [0.25, 0.3) is 11.8 Å². The number of hydrogen-bond acceptors (Lipinski definition) is 5. The maximum absolute atomic E-state index is 12.6. The molecule has 2 heterocycles. The van der Waals surface area contributed by atoms with E-state index < -0.39 is 11.9 Å². The number of fused-ring (bicyclic) bond motifs is 1. The molecule has 0 aromatic heterocycles. The number of hydrogen-bond donors (Lipinski definition) is 0. The number of carbonyl (C=O) groups is 4. The van der Waals surface area contributed by atoms with Gasteiger partial charge in [0, 0.05) is 19.5 Å². The highest BCUT2D eigenvalue weighted by atomic mass is 16.5. The molecule has 3 aromatic rings. The molecule has 0 spiro atoms. The number of nitrogens with zero attached hydrogens (tertiary/aromatic N) is 2. The first-order valence-corrected chi connectivity index (χ1v) is 10.6. The van der Waals surface area contributed by atoms with Gasteiger partial charge in [-0.3, -0.25) is 19.2 Å². The minimum atomic E-state index is -0.544. The normalized spacial score (nSPS) is 17.5. The second kappa shape index (κ2) is 8.35. The zero-order valence-corrected chi connectivity index (χ0v) is 17.6. The van der Waals surface area contributed by atoms with Crippen LogP contribution >= 0.6 is 0 Å². The highest BCUT2D eigenvalue weighted by molar-refractivity contribution is 6.34. The van der Waals surface area contributed by atoms with Crippen molar-refractivity contribution in [3.63, 3.8) is 0 Å². The molecule has 2 aliphatic rings. The molecule has 5 rings (SSSR count). The Kier molecular flexibility index (Phi) is 5.22. The molecule has 0 aliphatic carbocycles. The van der Waals surface area contributed by atoms with E-state index in [9.17, 15) is 19.2 Å². The van der Waals surface area contributed by atoms with Crippen LogP contribution in [0, 0.1) is 5.92 Å². The van der Waals surface area contributed by atoms with E-state index in [1.54, 1.807) is 41.3 Å². The monoisotopic (exact) mass is 440 g/mol. The fraction of sp³-hybridized carbons (Fsp3) is 0.154. The molecule has 7 nitrogen and oxygen atoms in total. The first kappa shape index (κ1) is 20.6. The SMILES string of the molecule is O=C(Oc1ccc(N2C(=O)c3ccccc3C2=O)cc1)[C@H]1CC(=O)N(Cc2ccccc2)C1. The van der Waals surface area contributed by atoms with Gasteiger partial charge in [-0.15, -0.1) is 0 Å². The summed E-state index contributed by atoms with van der Waals surface area (Å²) in [5.74, 6) is -1.59. The maximum atomic E-state index is 12.6. The van der Waals surface area contributed by atoms with E-state index in [1.807, 2.05) is 30.3 Å². The quantitative estimate of drug-likeness (QED) is 0.345. The summed E-state index contributed by atoms with van der Waals surface area (Å²) in [5, 5.41) is 0. The number of anilines is 1. The standard InChI is InChI=1S/C26H20N2O5/c29-23-14-18(16-27(23)15-17-6-2-1-3-7-17)26(32)33-20-12-10-19(11-13-20)28-24(30)21-8-4-5-9-22(21)25(28)31/h1-13,18H,14-16H2/t18-/m0/s1. The van der Waals surface area contributed by atoms with Crippen molar-refractivity contribution >= 4 is 29.4 Å². The summed E-state index contributed by atoms with van der Waals surface area (Å²) in [5.41, 5.74) is 2.13. The molecule has 1 atom stereocenters. The van der Waals surface area contributed by atoms with Gasteiger partial charge in [-0.25, -0.2) is 4.90 Å². The van der Waals surface area contributed by atoms with Crippen molar-refractivity contribution in [3.05, 3.63) is 95.6 Å². The van der Waals surface area contributed by atoms with Gasteiger partial charge in [-0.2, -0.15) is 0 Å². The Morgan fingerprint density at radius 1 is 0.818 bits per heavy atom. The predicted molar refractivity (Wildman–Crippen MR) is 120 cm³/mol. The summed E-state index contributed by atoms with van der Waals surface area (Å²) < 4.78 is 5.47. The second-order valence-electron chi connectivity index (χ2n) is 8.07. The molecular formula is C26H20N2O5. The van der Waals surface area contributed by atoms with Crippen molar-refractivity contribution in [1.29, 1.82) is 0 Å². The number of rotatable bonds is 5. The van der Waals surface area contributed by atoms with Crippen LogP contribution in [0.2, 0.25) is 0 Å². The Morgan fingerprint density at radius 3 is 2.06 bits per heavy atom. The van der Waals surface area contributed by atoms with Gasteiger partial charge in [0.2, 0.25) is 5.91 Å². The number of likely N-dealkylation sites (tertiary alicyclic amines) is 1. The van der Waals surface area contributed by atoms with Crippen molar-refractivity contribution in [2.24, 2.45) is 5.92 Å². The summed E-state index contributed by atoms with van der Waals surface area (Å²) in [7, 11) is 0. The first-order valence-electron chi connectivity index (χ1n) is 10.6. The van der Waals surface area contributed by atoms with Crippen molar-refractivity contribution in [2.45, 2.75) is 13.0 Å². The largest absolute Gasteiger partial charge is 0.426 e. The van der Waals surface area contributed by atoms with E-state index in [4.69, 9.17) is 4.74 Å². The van der Waals surface area contributed by atoms with E-state index in [1.165, 1.54) is 12.1 Å². The van der Waals surface area contributed by atoms with Crippen LogP contribution in [0.3, 0.4) is 0 Å². The molecular weight excluding hydrogens is 420 g/mol. The lowest BCUT2D eigenvalue weighted by Gasteiger charge is -2.17. The third kappa shape index (κ3) is 3.89. The van der Waals surface area contributed by atoms with E-state index in [0.717, 1.165) is 10.5 Å². The minimum absolute atomic E-state index is 0.0817. The molecule has 2 aliphatic heterocycles. The van der Waals surface area contributed by atoms with Gasteiger partial charge in [-0.05, 0) is 42.0 Å². The molecule has 3 aromatic carbocycles. The lowest BCUT2D eigenvalue weighted by molar-refractivity contribution is -0.139. The Bertz CT molecular complexity index is 1220. The molecule has 7 heteroatoms. The zero-order valence-electron chi connectivity index (χ0n) is 17.6. The third-order valence-corrected chi connectivity index (χ3v) is 5.87. The number of esters is 1. The average Bonchev–Trinajstić information content (AvgIpc) is 3.32. The van der Waals surface area contributed by atoms with Gasteiger partial charge in [-0.1, -0.05) is 42.5 Å². The molecule has 33 heavy (non-hydrogen) atoms. The van der Waals surface area contributed by atoms with Crippen LogP contribution in [0.5, 0.6) is 5.75 Å². The summed E-state index contributed by atoms with van der Waals surface area (Å²) in [6.45, 7) is 0.762. The number of imide groups is 1. The number of ether oxygens (including phenoxy) is 1. The van der Waals surface area contributed by atoms with E-state index >= 15 is 0 Å². The predicted octanol–water partition coefficient (Wildman–Crippen LogP) is 3.44. The molecule has 3 amide bonds. The Labute approximate surface area is 190 Å². The van der Waals surface area contributed by atoms with Gasteiger partial charge in [0.05, 0.1) is 22.7 Å². The highest BCUT2D eigenvalue weighted by Gasteiger charge is 2.37. The Balaban J connectivity index is 1.23. The fourth-order valence-corrected chi connectivity index (χ4v) is 4.17. The fourth-order valence-electron chi connectivity index (χ4n) is 4.17. The molecule has 1 saturated heterocycles. The van der Waals surface area contributed by atoms with Crippen LogP contribution < -0.4 is 9.64 Å². The molecule has 0 unspecified atom stereocenters. The minimum Gasteiger partial charge on any atom is -0.426 e. The topological polar surface area (TPSA) is 84.0 Å². The number of carbonyl (C=O) groups excluding carboxylic acids is 4. The molecule has 0 saturated carbocycles. The molecule has 0 radical (unpaired) electrons. The van der Waals surface area contributed by atoms with Crippen LogP contribution in [0.25, 0.3) is 0 Å². The highest BCUT2D eigenvalue weighted by Crippen LogP contribution is 2.30. The van der Waals surface area contributed by atoms with Crippen LogP contribution in [-0.2, 0) is 16.1 Å². The Hall–Kier alpha value is -4.26. The van der Waals surface area contributed by atoms with Gasteiger partial charge < -0.3 is 9.64 Å². The lowest BCUT2D eigenvalue weighted by atomic mass is 10.1. The van der Waals surface area contributed by atoms with E-state index in [2.05, 4.69) is 0 Å². The molecule has 0 N–H and O–H groups in total. The molecule has 164 valence electrons. The van der Waals surface area contributed by atoms with Gasteiger partial charge >= 0.3 is 5.97 Å². The van der Waals surface area contributed by atoms with Crippen LogP contribution in [-0.4, -0.2) is 35.1 Å². The smallest absolute Gasteiger partial charge is 0.316 e. The van der Waals surface area contributed by atoms with Crippen LogP contribution in [0.15, 0.2) is 78.9 Å². The molecule has 1 fully saturated rings. The van der Waals surface area contributed by atoms with Gasteiger partial charge in [0.15, 0.2) is 0 Å². The maximum Gasteiger partial charge on any atom is 0.316 e.